The second-order valence-corrected chi connectivity index (χ2v) is 6.42. The van der Waals surface area contributed by atoms with Gasteiger partial charge in [-0.3, -0.25) is 4.79 Å². The molecule has 1 aliphatic rings. The number of halogens is 1. The molecule has 24 heavy (non-hydrogen) atoms. The van der Waals surface area contributed by atoms with Crippen LogP contribution in [0.5, 0.6) is 5.75 Å². The average Bonchev–Trinajstić information content (AvgIpc) is 2.95. The normalized spacial score (nSPS) is 21.2. The summed E-state index contributed by atoms with van der Waals surface area (Å²) >= 11 is 3.23. The van der Waals surface area contributed by atoms with E-state index < -0.39 is 0 Å². The van der Waals surface area contributed by atoms with Crippen LogP contribution in [-0.2, 0) is 4.74 Å². The Morgan fingerprint density at radius 3 is 3.08 bits per heavy atom. The van der Waals surface area contributed by atoms with Crippen LogP contribution in [-0.4, -0.2) is 69.5 Å². The molecule has 0 bridgehead atoms. The van der Waals surface area contributed by atoms with Crippen LogP contribution >= 0.6 is 15.9 Å². The van der Waals surface area contributed by atoms with Crippen molar-refractivity contribution in [1.82, 2.24) is 19.5 Å². The zero-order chi connectivity index (χ0) is 17.3. The lowest BCUT2D eigenvalue weighted by atomic mass is 10.1. The van der Waals surface area contributed by atoms with Gasteiger partial charge in [-0.15, -0.1) is 5.10 Å². The molecule has 1 aliphatic heterocycles. The summed E-state index contributed by atoms with van der Waals surface area (Å²) in [5.74, 6) is 0.328. The van der Waals surface area contributed by atoms with E-state index in [-0.39, 0.29) is 24.7 Å². The quantitative estimate of drug-likeness (QED) is 0.829. The van der Waals surface area contributed by atoms with Crippen LogP contribution in [0.1, 0.15) is 23.7 Å². The lowest BCUT2D eigenvalue weighted by molar-refractivity contribution is -0.0486. The van der Waals surface area contributed by atoms with Gasteiger partial charge in [0.25, 0.3) is 5.91 Å². The topological polar surface area (TPSA) is 89.2 Å². The maximum absolute atomic E-state index is 13.0. The fraction of sp³-hybridized carbons (Fsp3) is 0.533. The molecular weight excluding hydrogens is 380 g/mol. The molecule has 2 atom stereocenters. The second-order valence-electron chi connectivity index (χ2n) is 5.71. The SMILES string of the molecule is COc1cc(C(=O)N2CC(C)OCC2CCO)cn2nc(Br)nc12. The maximum atomic E-state index is 13.0. The Hall–Kier alpha value is -1.71. The Kier molecular flexibility index (Phi) is 5.02. The van der Waals surface area contributed by atoms with Crippen molar-refractivity contribution in [3.8, 4) is 5.75 Å². The van der Waals surface area contributed by atoms with Gasteiger partial charge in [0, 0.05) is 19.3 Å². The van der Waals surface area contributed by atoms with Crippen molar-refractivity contribution in [2.75, 3.05) is 26.9 Å². The van der Waals surface area contributed by atoms with E-state index in [1.165, 1.54) is 11.6 Å². The molecule has 8 nitrogen and oxygen atoms in total. The summed E-state index contributed by atoms with van der Waals surface area (Å²) in [7, 11) is 1.53. The second kappa shape index (κ2) is 7.04. The molecule has 3 heterocycles. The Labute approximate surface area is 147 Å². The molecule has 1 fully saturated rings. The van der Waals surface area contributed by atoms with E-state index in [2.05, 4.69) is 26.0 Å². The third kappa shape index (κ3) is 3.24. The van der Waals surface area contributed by atoms with Crippen LogP contribution in [0, 0.1) is 0 Å². The monoisotopic (exact) mass is 398 g/mol. The van der Waals surface area contributed by atoms with Gasteiger partial charge in [-0.1, -0.05) is 0 Å². The largest absolute Gasteiger partial charge is 0.493 e. The molecule has 0 saturated carbocycles. The molecule has 0 aliphatic carbocycles. The van der Waals surface area contributed by atoms with Crippen molar-refractivity contribution in [2.24, 2.45) is 0 Å². The Balaban J connectivity index is 1.97. The molecule has 2 aromatic rings. The van der Waals surface area contributed by atoms with E-state index >= 15 is 0 Å². The zero-order valence-corrected chi connectivity index (χ0v) is 15.1. The highest BCUT2D eigenvalue weighted by atomic mass is 79.9. The third-order valence-electron chi connectivity index (χ3n) is 4.03. The number of hydrogen-bond acceptors (Lipinski definition) is 6. The highest BCUT2D eigenvalue weighted by Crippen LogP contribution is 2.24. The van der Waals surface area contributed by atoms with E-state index in [0.717, 1.165) is 0 Å². The number of aliphatic hydroxyl groups is 1. The first-order valence-corrected chi connectivity index (χ1v) is 8.46. The van der Waals surface area contributed by atoms with E-state index in [0.29, 0.717) is 41.3 Å². The van der Waals surface area contributed by atoms with Gasteiger partial charge in [0.2, 0.25) is 4.73 Å². The van der Waals surface area contributed by atoms with E-state index in [4.69, 9.17) is 9.47 Å². The lowest BCUT2D eigenvalue weighted by Gasteiger charge is -2.38. The summed E-state index contributed by atoms with van der Waals surface area (Å²) in [6, 6.07) is 1.51. The van der Waals surface area contributed by atoms with E-state index in [9.17, 15) is 9.90 Å². The first kappa shape index (κ1) is 17.1. The standard InChI is InChI=1S/C15H19BrN4O4/c1-9-6-19(11(3-4-21)8-24-9)14(22)10-5-12(23-2)13-17-15(16)18-20(13)7-10/h5,7,9,11,21H,3-4,6,8H2,1-2H3. The highest BCUT2D eigenvalue weighted by molar-refractivity contribution is 9.10. The fourth-order valence-electron chi connectivity index (χ4n) is 2.84. The van der Waals surface area contributed by atoms with Crippen molar-refractivity contribution in [1.29, 1.82) is 0 Å². The smallest absolute Gasteiger partial charge is 0.255 e. The van der Waals surface area contributed by atoms with Crippen LogP contribution in [0.25, 0.3) is 5.65 Å². The van der Waals surface area contributed by atoms with Gasteiger partial charge in [-0.25, -0.2) is 4.52 Å². The van der Waals surface area contributed by atoms with Gasteiger partial charge in [0.15, 0.2) is 11.4 Å². The Bertz CT molecular complexity index is 750. The van der Waals surface area contributed by atoms with Gasteiger partial charge in [0.1, 0.15) is 0 Å². The molecule has 1 amide bonds. The minimum Gasteiger partial charge on any atom is -0.493 e. The average molecular weight is 399 g/mol. The summed E-state index contributed by atoms with van der Waals surface area (Å²) in [6.45, 7) is 2.82. The first-order chi connectivity index (χ1) is 11.5. The maximum Gasteiger partial charge on any atom is 0.255 e. The molecule has 1 N–H and O–H groups in total. The van der Waals surface area contributed by atoms with Gasteiger partial charge in [0.05, 0.1) is 31.4 Å². The van der Waals surface area contributed by atoms with E-state index in [1.54, 1.807) is 17.2 Å². The number of methoxy groups -OCH3 is 1. The predicted molar refractivity (Wildman–Crippen MR) is 89.2 cm³/mol. The van der Waals surface area contributed by atoms with E-state index in [1.807, 2.05) is 6.92 Å². The number of aliphatic hydroxyl groups excluding tert-OH is 1. The molecule has 0 spiro atoms. The third-order valence-corrected chi connectivity index (χ3v) is 4.37. The molecule has 1 saturated heterocycles. The Morgan fingerprint density at radius 1 is 1.58 bits per heavy atom. The number of ether oxygens (including phenoxy) is 2. The number of carbonyl (C=O) groups excluding carboxylic acids is 1. The van der Waals surface area contributed by atoms with Crippen LogP contribution in [0.2, 0.25) is 0 Å². The molecule has 0 aromatic carbocycles. The lowest BCUT2D eigenvalue weighted by Crippen LogP contribution is -2.51. The number of pyridine rings is 1. The van der Waals surface area contributed by atoms with Crippen molar-refractivity contribution < 1.29 is 19.4 Å². The minimum absolute atomic E-state index is 0.00453. The number of carbonyl (C=O) groups is 1. The number of aromatic nitrogens is 3. The highest BCUT2D eigenvalue weighted by Gasteiger charge is 2.31. The molecule has 3 rings (SSSR count). The minimum atomic E-state index is -0.150. The van der Waals surface area contributed by atoms with Gasteiger partial charge in [-0.05, 0) is 35.3 Å². The molecule has 2 aromatic heterocycles. The predicted octanol–water partition coefficient (Wildman–Crippen LogP) is 1.11. The number of nitrogens with zero attached hydrogens (tertiary/aromatic N) is 4. The number of morpholine rings is 1. The van der Waals surface area contributed by atoms with Crippen LogP contribution in [0.3, 0.4) is 0 Å². The Morgan fingerprint density at radius 2 is 2.38 bits per heavy atom. The van der Waals surface area contributed by atoms with Crippen molar-refractivity contribution in [3.05, 3.63) is 22.6 Å². The van der Waals surface area contributed by atoms with Gasteiger partial charge in [-0.2, -0.15) is 4.98 Å². The summed E-state index contributed by atoms with van der Waals surface area (Å²) < 4.78 is 12.9. The fourth-order valence-corrected chi connectivity index (χ4v) is 3.18. The number of fused-ring (bicyclic) bond motifs is 1. The van der Waals surface area contributed by atoms with Crippen molar-refractivity contribution in [3.63, 3.8) is 0 Å². The van der Waals surface area contributed by atoms with Gasteiger partial charge >= 0.3 is 0 Å². The van der Waals surface area contributed by atoms with Gasteiger partial charge < -0.3 is 19.5 Å². The zero-order valence-electron chi connectivity index (χ0n) is 13.5. The van der Waals surface area contributed by atoms with Crippen LogP contribution in [0.15, 0.2) is 17.0 Å². The summed E-state index contributed by atoms with van der Waals surface area (Å²) in [5, 5.41) is 13.4. The molecule has 0 radical (unpaired) electrons. The molecule has 9 heteroatoms. The van der Waals surface area contributed by atoms with Crippen molar-refractivity contribution in [2.45, 2.75) is 25.5 Å². The molecule has 2 unspecified atom stereocenters. The number of rotatable bonds is 4. The van der Waals surface area contributed by atoms with Crippen molar-refractivity contribution >= 4 is 27.5 Å². The van der Waals surface area contributed by atoms with Crippen LogP contribution < -0.4 is 4.74 Å². The number of amides is 1. The number of hydrogen-bond donors (Lipinski definition) is 1. The molecule has 130 valence electrons. The first-order valence-electron chi connectivity index (χ1n) is 7.66. The summed E-state index contributed by atoms with van der Waals surface area (Å²) in [4.78, 5) is 19.0. The summed E-state index contributed by atoms with van der Waals surface area (Å²) in [5.41, 5.74) is 0.983. The summed E-state index contributed by atoms with van der Waals surface area (Å²) in [6.07, 6.45) is 2.07. The van der Waals surface area contributed by atoms with Crippen LogP contribution in [0.4, 0.5) is 0 Å². The molecular formula is C15H19BrN4O4.